The van der Waals surface area contributed by atoms with Gasteiger partial charge in [-0.1, -0.05) is 12.8 Å². The van der Waals surface area contributed by atoms with E-state index in [4.69, 9.17) is 5.73 Å². The van der Waals surface area contributed by atoms with Crippen LogP contribution in [0.2, 0.25) is 0 Å². The highest BCUT2D eigenvalue weighted by Crippen LogP contribution is 2.29. The summed E-state index contributed by atoms with van der Waals surface area (Å²) in [4.78, 5) is 4.14. The Labute approximate surface area is 107 Å². The molecule has 1 heterocycles. The third-order valence-corrected chi connectivity index (χ3v) is 3.91. The van der Waals surface area contributed by atoms with Crippen LogP contribution in [0.5, 0.6) is 0 Å². The summed E-state index contributed by atoms with van der Waals surface area (Å²) in [5.41, 5.74) is 7.95. The largest absolute Gasteiger partial charge is 0.398 e. The van der Waals surface area contributed by atoms with Crippen LogP contribution in [-0.2, 0) is 0 Å². The van der Waals surface area contributed by atoms with Gasteiger partial charge < -0.3 is 11.1 Å². The fourth-order valence-corrected chi connectivity index (χ4v) is 2.83. The zero-order valence-corrected chi connectivity index (χ0v) is 10.5. The van der Waals surface area contributed by atoms with E-state index in [2.05, 4.69) is 16.4 Å². The maximum Gasteiger partial charge on any atom is 0.0422 e. The van der Waals surface area contributed by atoms with E-state index in [1.165, 1.54) is 36.8 Å². The summed E-state index contributed by atoms with van der Waals surface area (Å²) in [5, 5.41) is 5.78. The van der Waals surface area contributed by atoms with Crippen LogP contribution in [0.1, 0.15) is 25.7 Å². The van der Waals surface area contributed by atoms with Gasteiger partial charge in [-0.15, -0.1) is 0 Å². The molecule has 1 aliphatic carbocycles. The van der Waals surface area contributed by atoms with E-state index in [-0.39, 0.29) is 0 Å². The number of pyridine rings is 1. The van der Waals surface area contributed by atoms with Gasteiger partial charge in [0, 0.05) is 41.1 Å². The van der Waals surface area contributed by atoms with Crippen molar-refractivity contribution in [2.45, 2.75) is 25.7 Å². The molecule has 0 spiro atoms. The molecule has 18 heavy (non-hydrogen) atoms. The van der Waals surface area contributed by atoms with Gasteiger partial charge >= 0.3 is 0 Å². The number of nitrogens with zero attached hydrogens (tertiary/aromatic N) is 1. The van der Waals surface area contributed by atoms with Crippen LogP contribution in [-0.4, -0.2) is 11.5 Å². The molecule has 1 fully saturated rings. The fourth-order valence-electron chi connectivity index (χ4n) is 2.83. The lowest BCUT2D eigenvalue weighted by Crippen LogP contribution is -2.11. The Morgan fingerprint density at radius 1 is 1.17 bits per heavy atom. The molecule has 94 valence electrons. The quantitative estimate of drug-likeness (QED) is 0.809. The molecule has 0 unspecified atom stereocenters. The van der Waals surface area contributed by atoms with Crippen LogP contribution in [0.25, 0.3) is 10.8 Å². The number of nitrogens with two attached hydrogens (primary N) is 1. The van der Waals surface area contributed by atoms with E-state index < -0.39 is 0 Å². The summed E-state index contributed by atoms with van der Waals surface area (Å²) in [6.07, 6.45) is 9.16. The predicted octanol–water partition coefficient (Wildman–Crippen LogP) is 3.42. The summed E-state index contributed by atoms with van der Waals surface area (Å²) in [5.74, 6) is 0.833. The number of hydrogen-bond donors (Lipinski definition) is 2. The minimum absolute atomic E-state index is 0.796. The Balaban J connectivity index is 1.85. The van der Waals surface area contributed by atoms with Gasteiger partial charge in [0.25, 0.3) is 0 Å². The molecule has 0 bridgehead atoms. The number of fused-ring (bicyclic) bond motifs is 1. The molecule has 1 saturated carbocycles. The van der Waals surface area contributed by atoms with Gasteiger partial charge in [0.05, 0.1) is 0 Å². The lowest BCUT2D eigenvalue weighted by Gasteiger charge is -2.14. The number of hydrogen-bond acceptors (Lipinski definition) is 3. The van der Waals surface area contributed by atoms with Gasteiger partial charge in [-0.05, 0) is 37.0 Å². The molecule has 0 atom stereocenters. The van der Waals surface area contributed by atoms with E-state index in [0.717, 1.165) is 23.5 Å². The first-order chi connectivity index (χ1) is 8.84. The standard InChI is InChI=1S/C15H19N3/c16-14-5-6-15(12-7-8-17-10-13(12)14)18-9-11-3-1-2-4-11/h5-8,10-11,18H,1-4,9,16H2. The fraction of sp³-hybridized carbons (Fsp3) is 0.400. The molecule has 3 N–H and O–H groups in total. The number of benzene rings is 1. The Bertz CT molecular complexity index is 544. The van der Waals surface area contributed by atoms with Crippen LogP contribution < -0.4 is 11.1 Å². The van der Waals surface area contributed by atoms with Gasteiger partial charge in [0.2, 0.25) is 0 Å². The number of aromatic nitrogens is 1. The molecule has 1 aromatic carbocycles. The maximum absolute atomic E-state index is 5.98. The molecule has 0 radical (unpaired) electrons. The van der Waals surface area contributed by atoms with E-state index in [9.17, 15) is 0 Å². The van der Waals surface area contributed by atoms with Crippen molar-refractivity contribution < 1.29 is 0 Å². The van der Waals surface area contributed by atoms with Crippen molar-refractivity contribution in [2.24, 2.45) is 5.92 Å². The SMILES string of the molecule is Nc1ccc(NCC2CCCC2)c2ccncc12. The lowest BCUT2D eigenvalue weighted by molar-refractivity contribution is 0.580. The average molecular weight is 241 g/mol. The normalized spacial score (nSPS) is 16.2. The van der Waals surface area contributed by atoms with Crippen LogP contribution >= 0.6 is 0 Å². The van der Waals surface area contributed by atoms with Crippen molar-refractivity contribution in [1.29, 1.82) is 0 Å². The molecule has 1 aromatic heterocycles. The highest BCUT2D eigenvalue weighted by atomic mass is 14.9. The highest BCUT2D eigenvalue weighted by Gasteiger charge is 2.14. The molecule has 3 rings (SSSR count). The van der Waals surface area contributed by atoms with Crippen molar-refractivity contribution in [3.63, 3.8) is 0 Å². The van der Waals surface area contributed by atoms with Gasteiger partial charge in [-0.3, -0.25) is 4.98 Å². The molecule has 0 amide bonds. The van der Waals surface area contributed by atoms with Gasteiger partial charge in [-0.2, -0.15) is 0 Å². The lowest BCUT2D eigenvalue weighted by atomic mass is 10.1. The summed E-state index contributed by atoms with van der Waals surface area (Å²) < 4.78 is 0. The third-order valence-electron chi connectivity index (χ3n) is 3.91. The predicted molar refractivity (Wildman–Crippen MR) is 76.6 cm³/mol. The molecule has 3 nitrogen and oxygen atoms in total. The topological polar surface area (TPSA) is 50.9 Å². The van der Waals surface area contributed by atoms with Crippen molar-refractivity contribution in [3.8, 4) is 0 Å². The molecule has 2 aromatic rings. The van der Waals surface area contributed by atoms with Gasteiger partial charge in [0.15, 0.2) is 0 Å². The Morgan fingerprint density at radius 2 is 2.00 bits per heavy atom. The first kappa shape index (κ1) is 11.3. The highest BCUT2D eigenvalue weighted by molar-refractivity contribution is 6.00. The summed E-state index contributed by atoms with van der Waals surface area (Å²) in [6, 6.07) is 6.07. The Morgan fingerprint density at radius 3 is 2.83 bits per heavy atom. The van der Waals surface area contributed by atoms with E-state index >= 15 is 0 Å². The zero-order chi connectivity index (χ0) is 12.4. The second kappa shape index (κ2) is 4.84. The van der Waals surface area contributed by atoms with Gasteiger partial charge in [-0.25, -0.2) is 0 Å². The Kier molecular flexibility index (Phi) is 3.05. The molecule has 0 saturated heterocycles. The molecular formula is C15H19N3. The summed E-state index contributed by atoms with van der Waals surface area (Å²) in [7, 11) is 0. The zero-order valence-electron chi connectivity index (χ0n) is 10.5. The molecule has 1 aliphatic rings. The Hall–Kier alpha value is -1.77. The molecule has 0 aliphatic heterocycles. The second-order valence-corrected chi connectivity index (χ2v) is 5.15. The van der Waals surface area contributed by atoms with E-state index in [0.29, 0.717) is 0 Å². The molecule has 3 heteroatoms. The number of rotatable bonds is 3. The first-order valence-electron chi connectivity index (χ1n) is 6.70. The van der Waals surface area contributed by atoms with Crippen molar-refractivity contribution in [1.82, 2.24) is 4.98 Å². The van der Waals surface area contributed by atoms with Crippen LogP contribution in [0.3, 0.4) is 0 Å². The second-order valence-electron chi connectivity index (χ2n) is 5.15. The maximum atomic E-state index is 5.98. The van der Waals surface area contributed by atoms with Crippen LogP contribution in [0.15, 0.2) is 30.6 Å². The summed E-state index contributed by atoms with van der Waals surface area (Å²) >= 11 is 0. The van der Waals surface area contributed by atoms with Crippen molar-refractivity contribution >= 4 is 22.1 Å². The average Bonchev–Trinajstić information content (AvgIpc) is 2.92. The van der Waals surface area contributed by atoms with Gasteiger partial charge in [0.1, 0.15) is 0 Å². The number of nitrogen functional groups attached to an aromatic ring is 1. The van der Waals surface area contributed by atoms with Crippen molar-refractivity contribution in [2.75, 3.05) is 17.6 Å². The van der Waals surface area contributed by atoms with E-state index in [1.807, 2.05) is 24.5 Å². The van der Waals surface area contributed by atoms with Crippen molar-refractivity contribution in [3.05, 3.63) is 30.6 Å². The van der Waals surface area contributed by atoms with Crippen LogP contribution in [0.4, 0.5) is 11.4 Å². The molecular weight excluding hydrogens is 222 g/mol. The van der Waals surface area contributed by atoms with E-state index in [1.54, 1.807) is 0 Å². The van der Waals surface area contributed by atoms with Crippen LogP contribution in [0, 0.1) is 5.92 Å². The third kappa shape index (κ3) is 2.13. The first-order valence-corrected chi connectivity index (χ1v) is 6.70. The monoisotopic (exact) mass is 241 g/mol. The number of anilines is 2. The minimum Gasteiger partial charge on any atom is -0.398 e. The summed E-state index contributed by atoms with van der Waals surface area (Å²) in [6.45, 7) is 1.07. The minimum atomic E-state index is 0.796. The smallest absolute Gasteiger partial charge is 0.0422 e. The number of nitrogens with one attached hydrogen (secondary N) is 1.